The molecule has 0 amide bonds. The zero-order chi connectivity index (χ0) is 11.7. The van der Waals surface area contributed by atoms with Gasteiger partial charge in [-0.3, -0.25) is 0 Å². The molecule has 1 saturated heterocycles. The number of aromatic nitrogens is 1. The third kappa shape index (κ3) is 2.17. The molecule has 2 rings (SSSR count). The minimum Gasteiger partial charge on any atom is -0.477 e. The standard InChI is InChI=1S/C10H14N2O3S/c1-6-5-12(3-4-15-6)10-11-7(2)8(16-10)9(13)14/h6H,3-5H2,1-2H3,(H,13,14). The van der Waals surface area contributed by atoms with Crippen LogP contribution in [0.3, 0.4) is 0 Å². The molecular formula is C10H14N2O3S. The predicted octanol–water partition coefficient (Wildman–Crippen LogP) is 1.37. The summed E-state index contributed by atoms with van der Waals surface area (Å²) in [7, 11) is 0. The highest BCUT2D eigenvalue weighted by atomic mass is 32.1. The number of nitrogens with zero attached hydrogens (tertiary/aromatic N) is 2. The number of thiazole rings is 1. The first-order chi connectivity index (χ1) is 7.58. The van der Waals surface area contributed by atoms with E-state index in [-0.39, 0.29) is 6.10 Å². The second-order valence-electron chi connectivity index (χ2n) is 3.84. The van der Waals surface area contributed by atoms with Crippen LogP contribution in [0.15, 0.2) is 0 Å². The van der Waals surface area contributed by atoms with Gasteiger partial charge in [-0.25, -0.2) is 9.78 Å². The topological polar surface area (TPSA) is 62.7 Å². The van der Waals surface area contributed by atoms with Crippen LogP contribution in [-0.4, -0.2) is 41.9 Å². The van der Waals surface area contributed by atoms with E-state index < -0.39 is 5.97 Å². The number of ether oxygens (including phenoxy) is 1. The first kappa shape index (κ1) is 11.3. The van der Waals surface area contributed by atoms with Crippen molar-refractivity contribution in [2.75, 3.05) is 24.6 Å². The monoisotopic (exact) mass is 242 g/mol. The van der Waals surface area contributed by atoms with E-state index in [9.17, 15) is 4.79 Å². The Morgan fingerprint density at radius 2 is 2.44 bits per heavy atom. The Morgan fingerprint density at radius 1 is 1.69 bits per heavy atom. The molecule has 0 radical (unpaired) electrons. The van der Waals surface area contributed by atoms with E-state index in [0.29, 0.717) is 17.2 Å². The molecule has 1 N–H and O–H groups in total. The van der Waals surface area contributed by atoms with Crippen molar-refractivity contribution in [3.05, 3.63) is 10.6 Å². The molecular weight excluding hydrogens is 228 g/mol. The summed E-state index contributed by atoms with van der Waals surface area (Å²) < 4.78 is 5.43. The Hall–Kier alpha value is -1.14. The van der Waals surface area contributed by atoms with E-state index >= 15 is 0 Å². The second-order valence-corrected chi connectivity index (χ2v) is 4.82. The molecule has 2 heterocycles. The Bertz CT molecular complexity index is 405. The van der Waals surface area contributed by atoms with Crippen LogP contribution in [0.5, 0.6) is 0 Å². The highest BCUT2D eigenvalue weighted by molar-refractivity contribution is 7.17. The fourth-order valence-corrected chi connectivity index (χ4v) is 2.65. The van der Waals surface area contributed by atoms with Crippen LogP contribution in [0.4, 0.5) is 5.13 Å². The number of carboxylic acid groups (broad SMARTS) is 1. The number of morpholine rings is 1. The molecule has 0 saturated carbocycles. The molecule has 6 heteroatoms. The van der Waals surface area contributed by atoms with Crippen LogP contribution in [0.25, 0.3) is 0 Å². The average molecular weight is 242 g/mol. The minimum absolute atomic E-state index is 0.172. The van der Waals surface area contributed by atoms with Gasteiger partial charge in [0.05, 0.1) is 18.4 Å². The van der Waals surface area contributed by atoms with E-state index in [2.05, 4.69) is 9.88 Å². The number of hydrogen-bond acceptors (Lipinski definition) is 5. The molecule has 1 aliphatic rings. The number of rotatable bonds is 2. The van der Waals surface area contributed by atoms with E-state index in [1.165, 1.54) is 11.3 Å². The molecule has 1 aromatic heterocycles. The lowest BCUT2D eigenvalue weighted by Crippen LogP contribution is -2.41. The van der Waals surface area contributed by atoms with Crippen LogP contribution < -0.4 is 4.90 Å². The second kappa shape index (κ2) is 4.39. The smallest absolute Gasteiger partial charge is 0.347 e. The van der Waals surface area contributed by atoms with Crippen molar-refractivity contribution in [3.63, 3.8) is 0 Å². The van der Waals surface area contributed by atoms with Gasteiger partial charge < -0.3 is 14.7 Å². The lowest BCUT2D eigenvalue weighted by atomic mass is 10.3. The lowest BCUT2D eigenvalue weighted by molar-refractivity contribution is 0.0532. The van der Waals surface area contributed by atoms with Gasteiger partial charge in [0.25, 0.3) is 0 Å². The van der Waals surface area contributed by atoms with Gasteiger partial charge in [-0.05, 0) is 13.8 Å². The number of aromatic carboxylic acids is 1. The molecule has 0 aliphatic carbocycles. The summed E-state index contributed by atoms with van der Waals surface area (Å²) in [5, 5.41) is 9.74. The van der Waals surface area contributed by atoms with Gasteiger partial charge in [-0.15, -0.1) is 0 Å². The maximum Gasteiger partial charge on any atom is 0.347 e. The summed E-state index contributed by atoms with van der Waals surface area (Å²) in [5.74, 6) is -0.900. The maximum atomic E-state index is 10.9. The van der Waals surface area contributed by atoms with Gasteiger partial charge in [-0.1, -0.05) is 11.3 Å². The zero-order valence-corrected chi connectivity index (χ0v) is 10.1. The molecule has 16 heavy (non-hydrogen) atoms. The van der Waals surface area contributed by atoms with Crippen molar-refractivity contribution >= 4 is 22.4 Å². The number of anilines is 1. The number of carbonyl (C=O) groups is 1. The molecule has 0 aromatic carbocycles. The molecule has 1 aliphatic heterocycles. The summed E-state index contributed by atoms with van der Waals surface area (Å²) in [5.41, 5.74) is 0.589. The molecule has 0 bridgehead atoms. The largest absolute Gasteiger partial charge is 0.477 e. The molecule has 5 nitrogen and oxygen atoms in total. The van der Waals surface area contributed by atoms with Gasteiger partial charge in [0.1, 0.15) is 4.88 Å². The summed E-state index contributed by atoms with van der Waals surface area (Å²) in [4.78, 5) is 17.6. The normalized spacial score (nSPS) is 21.1. The fourth-order valence-electron chi connectivity index (χ4n) is 1.71. The maximum absolute atomic E-state index is 10.9. The summed E-state index contributed by atoms with van der Waals surface area (Å²) in [6.45, 7) is 5.95. The van der Waals surface area contributed by atoms with Crippen LogP contribution in [0.2, 0.25) is 0 Å². The molecule has 1 unspecified atom stereocenters. The summed E-state index contributed by atoms with van der Waals surface area (Å²) in [6, 6.07) is 0. The summed E-state index contributed by atoms with van der Waals surface area (Å²) in [6.07, 6.45) is 0.172. The minimum atomic E-state index is -0.900. The van der Waals surface area contributed by atoms with Crippen LogP contribution >= 0.6 is 11.3 Å². The van der Waals surface area contributed by atoms with Crippen LogP contribution in [-0.2, 0) is 4.74 Å². The Morgan fingerprint density at radius 3 is 3.00 bits per heavy atom. The molecule has 1 fully saturated rings. The van der Waals surface area contributed by atoms with E-state index in [4.69, 9.17) is 9.84 Å². The van der Waals surface area contributed by atoms with Gasteiger partial charge >= 0.3 is 5.97 Å². The Kier molecular flexibility index (Phi) is 3.11. The highest BCUT2D eigenvalue weighted by Crippen LogP contribution is 2.27. The van der Waals surface area contributed by atoms with Crippen molar-refractivity contribution in [1.29, 1.82) is 0 Å². The van der Waals surface area contributed by atoms with E-state index in [1.807, 2.05) is 6.92 Å². The fraction of sp³-hybridized carbons (Fsp3) is 0.600. The van der Waals surface area contributed by atoms with Gasteiger partial charge in [0, 0.05) is 13.1 Å². The van der Waals surface area contributed by atoms with Crippen LogP contribution in [0.1, 0.15) is 22.3 Å². The quantitative estimate of drug-likeness (QED) is 0.848. The highest BCUT2D eigenvalue weighted by Gasteiger charge is 2.22. The number of aryl methyl sites for hydroxylation is 1. The molecule has 1 aromatic rings. The SMILES string of the molecule is Cc1nc(N2CCOC(C)C2)sc1C(=O)O. The number of hydrogen-bond donors (Lipinski definition) is 1. The van der Waals surface area contributed by atoms with Crippen molar-refractivity contribution in [3.8, 4) is 0 Å². The first-order valence-corrected chi connectivity index (χ1v) is 5.97. The Balaban J connectivity index is 2.20. The molecule has 1 atom stereocenters. The van der Waals surface area contributed by atoms with Crippen molar-refractivity contribution < 1.29 is 14.6 Å². The first-order valence-electron chi connectivity index (χ1n) is 5.15. The molecule has 88 valence electrons. The average Bonchev–Trinajstić information content (AvgIpc) is 2.60. The van der Waals surface area contributed by atoms with Crippen LogP contribution in [0, 0.1) is 6.92 Å². The van der Waals surface area contributed by atoms with Crippen molar-refractivity contribution in [1.82, 2.24) is 4.98 Å². The van der Waals surface area contributed by atoms with Gasteiger partial charge in [0.15, 0.2) is 5.13 Å². The van der Waals surface area contributed by atoms with Gasteiger partial charge in [0.2, 0.25) is 0 Å². The third-order valence-corrected chi connectivity index (χ3v) is 3.70. The van der Waals surface area contributed by atoms with Crippen molar-refractivity contribution in [2.24, 2.45) is 0 Å². The Labute approximate surface area is 97.7 Å². The van der Waals surface area contributed by atoms with Gasteiger partial charge in [-0.2, -0.15) is 0 Å². The van der Waals surface area contributed by atoms with E-state index in [1.54, 1.807) is 6.92 Å². The summed E-state index contributed by atoms with van der Waals surface area (Å²) >= 11 is 1.24. The lowest BCUT2D eigenvalue weighted by Gasteiger charge is -2.30. The molecule has 0 spiro atoms. The van der Waals surface area contributed by atoms with E-state index in [0.717, 1.165) is 18.2 Å². The van der Waals surface area contributed by atoms with Crippen molar-refractivity contribution in [2.45, 2.75) is 20.0 Å². The predicted molar refractivity (Wildman–Crippen MR) is 61.4 cm³/mol. The number of carboxylic acids is 1. The zero-order valence-electron chi connectivity index (χ0n) is 9.27. The third-order valence-electron chi connectivity index (χ3n) is 2.49.